The molecule has 152 valence electrons. The maximum atomic E-state index is 12.3. The number of nitrogens with zero attached hydrogens (tertiary/aromatic N) is 3. The average Bonchev–Trinajstić information content (AvgIpc) is 3.21. The third-order valence-corrected chi connectivity index (χ3v) is 5.11. The fourth-order valence-corrected chi connectivity index (χ4v) is 3.26. The molecule has 3 rings (SSSR count). The number of pyridine rings is 1. The number of benzene rings is 1. The quantitative estimate of drug-likeness (QED) is 0.630. The molecule has 2 aromatic heterocycles. The molecule has 0 unspecified atom stereocenters. The maximum Gasteiger partial charge on any atom is 0.471 e. The lowest BCUT2D eigenvalue weighted by Gasteiger charge is -2.10. The Balaban J connectivity index is 1.63. The van der Waals surface area contributed by atoms with Gasteiger partial charge in [-0.3, -0.25) is 4.79 Å². The molecule has 29 heavy (non-hydrogen) atoms. The number of amides is 1. The first-order valence-electron chi connectivity index (χ1n) is 8.08. The Morgan fingerprint density at radius 2 is 1.83 bits per heavy atom. The summed E-state index contributed by atoms with van der Waals surface area (Å²) < 4.78 is 65.3. The van der Waals surface area contributed by atoms with Crippen LogP contribution in [0.3, 0.4) is 0 Å². The Morgan fingerprint density at radius 3 is 2.38 bits per heavy atom. The molecular formula is C17H14F3N5O3S. The minimum Gasteiger partial charge on any atom is -0.318 e. The largest absolute Gasteiger partial charge is 0.471 e. The van der Waals surface area contributed by atoms with Crippen LogP contribution >= 0.6 is 0 Å². The van der Waals surface area contributed by atoms with Crippen molar-refractivity contribution in [2.24, 2.45) is 0 Å². The van der Waals surface area contributed by atoms with E-state index in [0.29, 0.717) is 11.4 Å². The van der Waals surface area contributed by atoms with E-state index in [2.05, 4.69) is 14.8 Å². The smallest absolute Gasteiger partial charge is 0.318 e. The van der Waals surface area contributed by atoms with E-state index in [1.165, 1.54) is 6.20 Å². The van der Waals surface area contributed by atoms with Crippen LogP contribution in [0.4, 0.5) is 18.9 Å². The van der Waals surface area contributed by atoms with E-state index in [0.717, 1.165) is 24.3 Å². The van der Waals surface area contributed by atoms with Crippen molar-refractivity contribution < 1.29 is 26.4 Å². The van der Waals surface area contributed by atoms with Crippen molar-refractivity contribution in [2.45, 2.75) is 17.6 Å². The number of carbonyl (C=O) groups excluding carboxylic acids is 1. The predicted molar refractivity (Wildman–Crippen MR) is 96.5 cm³/mol. The highest BCUT2D eigenvalue weighted by atomic mass is 32.2. The van der Waals surface area contributed by atoms with Crippen LogP contribution in [0.2, 0.25) is 0 Å². The van der Waals surface area contributed by atoms with Crippen LogP contribution in [-0.2, 0) is 21.4 Å². The third kappa shape index (κ3) is 5.18. The summed E-state index contributed by atoms with van der Waals surface area (Å²) in [5.41, 5.74) is 0.420. The lowest BCUT2D eigenvalue weighted by Crippen LogP contribution is -2.30. The van der Waals surface area contributed by atoms with E-state index in [-0.39, 0.29) is 17.1 Å². The summed E-state index contributed by atoms with van der Waals surface area (Å²) in [7, 11) is -3.92. The molecule has 0 saturated carbocycles. The molecule has 0 fully saturated rings. The van der Waals surface area contributed by atoms with Crippen LogP contribution in [0.15, 0.2) is 66.0 Å². The first kappa shape index (κ1) is 20.5. The Bertz CT molecular complexity index is 1080. The second-order valence-corrected chi connectivity index (χ2v) is 7.54. The molecule has 0 radical (unpaired) electrons. The van der Waals surface area contributed by atoms with Crippen LogP contribution in [-0.4, -0.2) is 35.3 Å². The summed E-state index contributed by atoms with van der Waals surface area (Å²) in [6.45, 7) is -0.0404. The topological polar surface area (TPSA) is 106 Å². The molecule has 0 bridgehead atoms. The number of hydrogen-bond donors (Lipinski definition) is 2. The Labute approximate surface area is 163 Å². The highest BCUT2D eigenvalue weighted by Crippen LogP contribution is 2.19. The number of nitrogens with one attached hydrogen (secondary N) is 2. The van der Waals surface area contributed by atoms with Crippen molar-refractivity contribution in [1.82, 2.24) is 19.5 Å². The number of halogens is 3. The van der Waals surface area contributed by atoms with Gasteiger partial charge in [0, 0.05) is 30.8 Å². The van der Waals surface area contributed by atoms with Gasteiger partial charge >= 0.3 is 12.1 Å². The zero-order valence-electron chi connectivity index (χ0n) is 14.6. The molecule has 0 aliphatic heterocycles. The van der Waals surface area contributed by atoms with Crippen molar-refractivity contribution in [3.05, 3.63) is 66.6 Å². The van der Waals surface area contributed by atoms with Gasteiger partial charge in [-0.15, -0.1) is 0 Å². The first-order valence-corrected chi connectivity index (χ1v) is 9.56. The van der Waals surface area contributed by atoms with Crippen molar-refractivity contribution in [1.29, 1.82) is 0 Å². The zero-order valence-corrected chi connectivity index (χ0v) is 15.4. The second kappa shape index (κ2) is 8.01. The molecule has 1 amide bonds. The van der Waals surface area contributed by atoms with Gasteiger partial charge in [0.15, 0.2) is 5.82 Å². The van der Waals surface area contributed by atoms with Gasteiger partial charge in [-0.1, -0.05) is 6.07 Å². The van der Waals surface area contributed by atoms with Gasteiger partial charge < -0.3 is 5.32 Å². The summed E-state index contributed by atoms with van der Waals surface area (Å²) in [5.74, 6) is -1.57. The number of alkyl halides is 3. The second-order valence-electron chi connectivity index (χ2n) is 5.78. The Kier molecular flexibility index (Phi) is 5.66. The van der Waals surface area contributed by atoms with Gasteiger partial charge in [0.2, 0.25) is 10.0 Å². The van der Waals surface area contributed by atoms with E-state index in [9.17, 15) is 26.4 Å². The molecule has 8 nitrogen and oxygen atoms in total. The molecular weight excluding hydrogens is 411 g/mol. The number of sulfonamides is 1. The van der Waals surface area contributed by atoms with Gasteiger partial charge in [-0.25, -0.2) is 22.8 Å². The van der Waals surface area contributed by atoms with Gasteiger partial charge in [-0.05, 0) is 42.0 Å². The molecule has 3 aromatic rings. The molecule has 1 aromatic carbocycles. The lowest BCUT2D eigenvalue weighted by atomic mass is 10.3. The van der Waals surface area contributed by atoms with Gasteiger partial charge in [0.1, 0.15) is 0 Å². The van der Waals surface area contributed by atoms with Crippen molar-refractivity contribution >= 4 is 21.6 Å². The molecule has 2 heterocycles. The zero-order chi connectivity index (χ0) is 21.1. The standard InChI is InChI=1S/C17H14F3N5O3S/c18-17(19,20)16(26)24-13-3-5-14(6-4-13)29(27,28)23-11-12-2-7-15(21-10-12)25-9-1-8-22-25/h1-10,23H,11H2,(H,24,26). The van der Waals surface area contributed by atoms with Crippen LogP contribution in [0.1, 0.15) is 5.56 Å². The minimum atomic E-state index is -5.03. The lowest BCUT2D eigenvalue weighted by molar-refractivity contribution is -0.167. The average molecular weight is 425 g/mol. The normalized spacial score (nSPS) is 12.0. The predicted octanol–water partition coefficient (Wildman–Crippen LogP) is 2.25. The van der Waals surface area contributed by atoms with Crippen molar-refractivity contribution in [2.75, 3.05) is 5.32 Å². The highest BCUT2D eigenvalue weighted by molar-refractivity contribution is 7.89. The van der Waals surface area contributed by atoms with E-state index >= 15 is 0 Å². The van der Waals surface area contributed by atoms with E-state index in [4.69, 9.17) is 0 Å². The molecule has 12 heteroatoms. The third-order valence-electron chi connectivity index (χ3n) is 3.69. The molecule has 0 atom stereocenters. The number of rotatable bonds is 6. The van der Waals surface area contributed by atoms with Gasteiger partial charge in [0.25, 0.3) is 0 Å². The van der Waals surface area contributed by atoms with E-state index in [1.54, 1.807) is 40.6 Å². The number of aromatic nitrogens is 3. The van der Waals surface area contributed by atoms with E-state index in [1.807, 2.05) is 0 Å². The summed E-state index contributed by atoms with van der Waals surface area (Å²) in [6, 6.07) is 9.42. The number of anilines is 1. The minimum absolute atomic E-state index is 0.0404. The Hall–Kier alpha value is -3.25. The number of carbonyl (C=O) groups is 1. The van der Waals surface area contributed by atoms with Crippen LogP contribution in [0.5, 0.6) is 0 Å². The summed E-state index contributed by atoms with van der Waals surface area (Å²) in [5, 5.41) is 5.67. The van der Waals surface area contributed by atoms with Crippen molar-refractivity contribution in [3.8, 4) is 5.82 Å². The molecule has 0 spiro atoms. The first-order chi connectivity index (χ1) is 13.6. The fraction of sp³-hybridized carbons (Fsp3) is 0.118. The summed E-state index contributed by atoms with van der Waals surface area (Å²) in [6.07, 6.45) is -0.225. The van der Waals surface area contributed by atoms with Gasteiger partial charge in [-0.2, -0.15) is 18.3 Å². The summed E-state index contributed by atoms with van der Waals surface area (Å²) in [4.78, 5) is 14.9. The molecule has 2 N–H and O–H groups in total. The maximum absolute atomic E-state index is 12.3. The SMILES string of the molecule is O=C(Nc1ccc(S(=O)(=O)NCc2ccc(-n3cccn3)nc2)cc1)C(F)(F)F. The fourth-order valence-electron chi connectivity index (χ4n) is 2.24. The molecule has 0 aliphatic rings. The van der Waals surface area contributed by atoms with Crippen LogP contribution in [0, 0.1) is 0 Å². The van der Waals surface area contributed by atoms with Crippen LogP contribution in [0.25, 0.3) is 5.82 Å². The Morgan fingerprint density at radius 1 is 1.10 bits per heavy atom. The monoisotopic (exact) mass is 425 g/mol. The van der Waals surface area contributed by atoms with Crippen molar-refractivity contribution in [3.63, 3.8) is 0 Å². The highest BCUT2D eigenvalue weighted by Gasteiger charge is 2.38. The van der Waals surface area contributed by atoms with Crippen LogP contribution < -0.4 is 10.0 Å². The molecule has 0 aliphatic carbocycles. The summed E-state index contributed by atoms with van der Waals surface area (Å²) >= 11 is 0. The van der Waals surface area contributed by atoms with E-state index < -0.39 is 22.1 Å². The van der Waals surface area contributed by atoms with Gasteiger partial charge in [0.05, 0.1) is 4.90 Å². The molecule has 0 saturated heterocycles. The number of hydrogen-bond acceptors (Lipinski definition) is 5.